The van der Waals surface area contributed by atoms with Crippen molar-refractivity contribution < 1.29 is 9.59 Å². The third-order valence-corrected chi connectivity index (χ3v) is 4.51. The molecule has 0 spiro atoms. The summed E-state index contributed by atoms with van der Waals surface area (Å²) in [6.45, 7) is 7.86. The zero-order valence-electron chi connectivity index (χ0n) is 13.8. The number of likely N-dealkylation sites (tertiary alicyclic amines) is 1. The van der Waals surface area contributed by atoms with Crippen LogP contribution in [0.4, 0.5) is 0 Å². The molecule has 0 saturated carbocycles. The molecular weight excluding hydrogens is 276 g/mol. The molecule has 1 aromatic carbocycles. The minimum Gasteiger partial charge on any atom is -0.356 e. The molecule has 22 heavy (non-hydrogen) atoms. The Morgan fingerprint density at radius 2 is 1.91 bits per heavy atom. The number of aryl methyl sites for hydroxylation is 2. The number of amides is 2. The van der Waals surface area contributed by atoms with Gasteiger partial charge in [-0.3, -0.25) is 9.59 Å². The van der Waals surface area contributed by atoms with Crippen LogP contribution in [0.15, 0.2) is 18.2 Å². The molecule has 2 amide bonds. The van der Waals surface area contributed by atoms with Crippen LogP contribution >= 0.6 is 0 Å². The number of benzene rings is 1. The normalized spacial score (nSPS) is 15.7. The van der Waals surface area contributed by atoms with Gasteiger partial charge in [0.2, 0.25) is 11.8 Å². The lowest BCUT2D eigenvalue weighted by Gasteiger charge is -2.30. The number of rotatable bonds is 4. The van der Waals surface area contributed by atoms with E-state index < -0.39 is 0 Å². The van der Waals surface area contributed by atoms with Crippen LogP contribution in [-0.2, 0) is 16.0 Å². The van der Waals surface area contributed by atoms with E-state index >= 15 is 0 Å². The number of piperidine rings is 1. The third kappa shape index (κ3) is 4.33. The molecule has 0 unspecified atom stereocenters. The van der Waals surface area contributed by atoms with Crippen molar-refractivity contribution in [2.24, 2.45) is 5.92 Å². The van der Waals surface area contributed by atoms with Gasteiger partial charge < -0.3 is 10.2 Å². The number of nitrogens with zero attached hydrogens (tertiary/aromatic N) is 1. The largest absolute Gasteiger partial charge is 0.356 e. The number of hydrogen-bond donors (Lipinski definition) is 1. The minimum absolute atomic E-state index is 0.0502. The quantitative estimate of drug-likeness (QED) is 0.927. The smallest absolute Gasteiger partial charge is 0.223 e. The summed E-state index contributed by atoms with van der Waals surface area (Å²) in [5, 5.41) is 3.05. The first kappa shape index (κ1) is 16.5. The van der Waals surface area contributed by atoms with E-state index in [4.69, 9.17) is 0 Å². The molecule has 0 aromatic heterocycles. The van der Waals surface area contributed by atoms with Crippen molar-refractivity contribution in [1.29, 1.82) is 0 Å². The van der Waals surface area contributed by atoms with Crippen LogP contribution in [0.2, 0.25) is 0 Å². The maximum atomic E-state index is 12.2. The summed E-state index contributed by atoms with van der Waals surface area (Å²) >= 11 is 0. The Morgan fingerprint density at radius 1 is 1.23 bits per heavy atom. The summed E-state index contributed by atoms with van der Waals surface area (Å²) in [6.07, 6.45) is 2.41. The molecule has 120 valence electrons. The highest BCUT2D eigenvalue weighted by Crippen LogP contribution is 2.17. The maximum absolute atomic E-state index is 12.2. The summed E-state index contributed by atoms with van der Waals surface area (Å²) in [4.78, 5) is 25.3. The first-order chi connectivity index (χ1) is 10.5. The van der Waals surface area contributed by atoms with Crippen LogP contribution in [0, 0.1) is 19.8 Å². The SMILES string of the molecule is CC(=O)N1CCC(C(=O)NCCc2cc(C)ccc2C)CC1. The van der Waals surface area contributed by atoms with Crippen molar-refractivity contribution in [1.82, 2.24) is 10.2 Å². The van der Waals surface area contributed by atoms with Gasteiger partial charge in [0, 0.05) is 32.5 Å². The average molecular weight is 302 g/mol. The Kier molecular flexibility index (Phi) is 5.58. The van der Waals surface area contributed by atoms with Crippen molar-refractivity contribution in [3.05, 3.63) is 34.9 Å². The Balaban J connectivity index is 1.76. The maximum Gasteiger partial charge on any atom is 0.223 e. The summed E-state index contributed by atoms with van der Waals surface area (Å²) in [5.41, 5.74) is 3.82. The Labute approximate surface area is 132 Å². The molecular formula is C18H26N2O2. The average Bonchev–Trinajstić information content (AvgIpc) is 2.50. The van der Waals surface area contributed by atoms with Crippen molar-refractivity contribution in [3.8, 4) is 0 Å². The first-order valence-electron chi connectivity index (χ1n) is 8.06. The number of nitrogens with one attached hydrogen (secondary N) is 1. The second kappa shape index (κ2) is 7.43. The van der Waals surface area contributed by atoms with Gasteiger partial charge in [0.15, 0.2) is 0 Å². The van der Waals surface area contributed by atoms with Gasteiger partial charge in [-0.1, -0.05) is 23.8 Å². The van der Waals surface area contributed by atoms with Crippen molar-refractivity contribution >= 4 is 11.8 Å². The minimum atomic E-state index is 0.0502. The molecule has 1 N–H and O–H groups in total. The Morgan fingerprint density at radius 3 is 2.55 bits per heavy atom. The molecule has 4 nitrogen and oxygen atoms in total. The predicted molar refractivity (Wildman–Crippen MR) is 87.6 cm³/mol. The van der Waals surface area contributed by atoms with Gasteiger partial charge in [-0.05, 0) is 44.2 Å². The van der Waals surface area contributed by atoms with Crippen molar-refractivity contribution in [2.45, 2.75) is 40.0 Å². The van der Waals surface area contributed by atoms with Gasteiger partial charge in [-0.15, -0.1) is 0 Å². The fourth-order valence-corrected chi connectivity index (χ4v) is 2.99. The standard InChI is InChI=1S/C18H26N2O2/c1-13-4-5-14(2)17(12-13)6-9-19-18(22)16-7-10-20(11-8-16)15(3)21/h4-5,12,16H,6-11H2,1-3H3,(H,19,22). The molecule has 1 aliphatic heterocycles. The monoisotopic (exact) mass is 302 g/mol. The van der Waals surface area contributed by atoms with Crippen molar-refractivity contribution in [2.75, 3.05) is 19.6 Å². The fourth-order valence-electron chi connectivity index (χ4n) is 2.99. The van der Waals surface area contributed by atoms with E-state index in [1.165, 1.54) is 16.7 Å². The first-order valence-corrected chi connectivity index (χ1v) is 8.06. The molecule has 1 fully saturated rings. The van der Waals surface area contributed by atoms with Crippen molar-refractivity contribution in [3.63, 3.8) is 0 Å². The lowest BCUT2D eigenvalue weighted by molar-refractivity contribution is -0.133. The molecule has 2 rings (SSSR count). The molecule has 1 saturated heterocycles. The van der Waals surface area contributed by atoms with E-state index in [0.717, 1.165) is 19.3 Å². The van der Waals surface area contributed by atoms with Gasteiger partial charge in [-0.25, -0.2) is 0 Å². The molecule has 1 aromatic rings. The van der Waals surface area contributed by atoms with Gasteiger partial charge in [0.1, 0.15) is 0 Å². The Hall–Kier alpha value is -1.84. The molecule has 0 radical (unpaired) electrons. The predicted octanol–water partition coefficient (Wildman–Crippen LogP) is 2.22. The van der Waals surface area contributed by atoms with Crippen LogP contribution in [0.3, 0.4) is 0 Å². The summed E-state index contributed by atoms with van der Waals surface area (Å²) < 4.78 is 0. The van der Waals surface area contributed by atoms with E-state index in [2.05, 4.69) is 37.4 Å². The van der Waals surface area contributed by atoms with Gasteiger partial charge in [-0.2, -0.15) is 0 Å². The highest BCUT2D eigenvalue weighted by atomic mass is 16.2. The van der Waals surface area contributed by atoms with Crippen LogP contribution in [0.1, 0.15) is 36.5 Å². The van der Waals surface area contributed by atoms with E-state index in [1.54, 1.807) is 6.92 Å². The second-order valence-electron chi connectivity index (χ2n) is 6.25. The van der Waals surface area contributed by atoms with Crippen LogP contribution < -0.4 is 5.32 Å². The second-order valence-corrected chi connectivity index (χ2v) is 6.25. The molecule has 1 heterocycles. The number of carbonyl (C=O) groups excluding carboxylic acids is 2. The highest BCUT2D eigenvalue weighted by Gasteiger charge is 2.25. The van der Waals surface area contributed by atoms with E-state index in [9.17, 15) is 9.59 Å². The van der Waals surface area contributed by atoms with Crippen LogP contribution in [-0.4, -0.2) is 36.3 Å². The van der Waals surface area contributed by atoms with Gasteiger partial charge >= 0.3 is 0 Å². The van der Waals surface area contributed by atoms with Crippen LogP contribution in [0.5, 0.6) is 0 Å². The van der Waals surface area contributed by atoms with E-state index in [1.807, 2.05) is 4.90 Å². The zero-order valence-corrected chi connectivity index (χ0v) is 13.8. The summed E-state index contributed by atoms with van der Waals surface area (Å²) in [7, 11) is 0. The summed E-state index contributed by atoms with van der Waals surface area (Å²) in [5.74, 6) is 0.288. The van der Waals surface area contributed by atoms with Crippen LogP contribution in [0.25, 0.3) is 0 Å². The lowest BCUT2D eigenvalue weighted by Crippen LogP contribution is -2.42. The molecule has 1 aliphatic rings. The topological polar surface area (TPSA) is 49.4 Å². The van der Waals surface area contributed by atoms with E-state index in [0.29, 0.717) is 19.6 Å². The van der Waals surface area contributed by atoms with Gasteiger partial charge in [0.25, 0.3) is 0 Å². The number of carbonyl (C=O) groups is 2. The Bertz CT molecular complexity index is 546. The zero-order chi connectivity index (χ0) is 16.1. The molecule has 0 atom stereocenters. The highest BCUT2D eigenvalue weighted by molar-refractivity contribution is 5.79. The molecule has 0 aliphatic carbocycles. The third-order valence-electron chi connectivity index (χ3n) is 4.51. The van der Waals surface area contributed by atoms with E-state index in [-0.39, 0.29) is 17.7 Å². The summed E-state index contributed by atoms with van der Waals surface area (Å²) in [6, 6.07) is 6.43. The molecule has 4 heteroatoms. The lowest BCUT2D eigenvalue weighted by atomic mass is 9.95. The fraction of sp³-hybridized carbons (Fsp3) is 0.556. The number of hydrogen-bond acceptors (Lipinski definition) is 2. The molecule has 0 bridgehead atoms. The van der Waals surface area contributed by atoms with Gasteiger partial charge in [0.05, 0.1) is 0 Å².